The summed E-state index contributed by atoms with van der Waals surface area (Å²) in [7, 11) is 1.36. The topological polar surface area (TPSA) is 57.2 Å². The van der Waals surface area contributed by atoms with Crippen molar-refractivity contribution in [3.63, 3.8) is 0 Å². The van der Waals surface area contributed by atoms with Gasteiger partial charge in [-0.1, -0.05) is 0 Å². The first kappa shape index (κ1) is 10.5. The Morgan fingerprint density at radius 3 is 2.88 bits per heavy atom. The monoisotopic (exact) mass is 218 g/mol. The van der Waals surface area contributed by atoms with Gasteiger partial charge in [0.05, 0.1) is 18.2 Å². The third kappa shape index (κ3) is 1.52. The van der Waals surface area contributed by atoms with Gasteiger partial charge >= 0.3 is 5.97 Å². The molecule has 0 saturated heterocycles. The quantitative estimate of drug-likeness (QED) is 0.619. The number of fused-ring (bicyclic) bond motifs is 1. The van der Waals surface area contributed by atoms with Crippen LogP contribution in [-0.4, -0.2) is 17.6 Å². The highest BCUT2D eigenvalue weighted by molar-refractivity contribution is 6.00. The smallest absolute Gasteiger partial charge is 0.337 e. The predicted molar refractivity (Wildman–Crippen MR) is 63.4 cm³/mol. The van der Waals surface area contributed by atoms with Gasteiger partial charge in [0.25, 0.3) is 0 Å². The lowest BCUT2D eigenvalue weighted by atomic mass is 10.1. The maximum absolute atomic E-state index is 11.4. The van der Waals surface area contributed by atoms with Gasteiger partial charge in [0.1, 0.15) is 0 Å². The largest absolute Gasteiger partial charge is 0.465 e. The Kier molecular flexibility index (Phi) is 2.56. The SMILES string of the molecule is CCn1ccc2c(N)cc(C(=O)OC)cc21. The highest BCUT2D eigenvalue weighted by Gasteiger charge is 2.11. The Hall–Kier alpha value is -1.97. The second-order valence-corrected chi connectivity index (χ2v) is 3.59. The maximum Gasteiger partial charge on any atom is 0.337 e. The van der Waals surface area contributed by atoms with Gasteiger partial charge in [0.15, 0.2) is 0 Å². The van der Waals surface area contributed by atoms with Gasteiger partial charge in [-0.2, -0.15) is 0 Å². The molecule has 2 aromatic rings. The molecule has 0 spiro atoms. The third-order valence-corrected chi connectivity index (χ3v) is 2.68. The van der Waals surface area contributed by atoms with Crippen molar-refractivity contribution in [1.29, 1.82) is 0 Å². The summed E-state index contributed by atoms with van der Waals surface area (Å²) >= 11 is 0. The number of aryl methyl sites for hydroxylation is 1. The van der Waals surface area contributed by atoms with Crippen LogP contribution >= 0.6 is 0 Å². The van der Waals surface area contributed by atoms with E-state index in [9.17, 15) is 4.79 Å². The van der Waals surface area contributed by atoms with Crippen LogP contribution in [0.5, 0.6) is 0 Å². The molecular formula is C12H14N2O2. The van der Waals surface area contributed by atoms with Crippen LogP contribution < -0.4 is 5.73 Å². The molecular weight excluding hydrogens is 204 g/mol. The van der Waals surface area contributed by atoms with Crippen molar-refractivity contribution in [3.8, 4) is 0 Å². The van der Waals surface area contributed by atoms with Gasteiger partial charge in [0, 0.05) is 23.8 Å². The molecule has 84 valence electrons. The van der Waals surface area contributed by atoms with Crippen molar-refractivity contribution in [2.45, 2.75) is 13.5 Å². The molecule has 1 heterocycles. The minimum Gasteiger partial charge on any atom is -0.465 e. The Morgan fingerprint density at radius 2 is 2.25 bits per heavy atom. The number of ether oxygens (including phenoxy) is 1. The van der Waals surface area contributed by atoms with E-state index in [0.29, 0.717) is 11.3 Å². The molecule has 1 aromatic carbocycles. The minimum absolute atomic E-state index is 0.363. The summed E-state index contributed by atoms with van der Waals surface area (Å²) < 4.78 is 6.73. The van der Waals surface area contributed by atoms with E-state index < -0.39 is 0 Å². The van der Waals surface area contributed by atoms with Gasteiger partial charge in [0.2, 0.25) is 0 Å². The van der Waals surface area contributed by atoms with Crippen LogP contribution in [0.4, 0.5) is 5.69 Å². The predicted octanol–water partition coefficient (Wildman–Crippen LogP) is 2.03. The second-order valence-electron chi connectivity index (χ2n) is 3.59. The molecule has 0 aliphatic carbocycles. The number of methoxy groups -OCH3 is 1. The number of nitrogens with two attached hydrogens (primary N) is 1. The van der Waals surface area contributed by atoms with Gasteiger partial charge in [-0.05, 0) is 25.1 Å². The maximum atomic E-state index is 11.4. The van der Waals surface area contributed by atoms with E-state index in [4.69, 9.17) is 5.73 Å². The first-order valence-corrected chi connectivity index (χ1v) is 5.14. The van der Waals surface area contributed by atoms with E-state index in [-0.39, 0.29) is 5.97 Å². The molecule has 0 bridgehead atoms. The second kappa shape index (κ2) is 3.89. The van der Waals surface area contributed by atoms with Gasteiger partial charge in [-0.3, -0.25) is 0 Å². The summed E-state index contributed by atoms with van der Waals surface area (Å²) in [6.07, 6.45) is 1.96. The summed E-state index contributed by atoms with van der Waals surface area (Å²) in [5, 5.41) is 0.967. The van der Waals surface area contributed by atoms with E-state index in [1.807, 2.05) is 23.8 Å². The number of nitrogens with zero attached hydrogens (tertiary/aromatic N) is 1. The normalized spacial score (nSPS) is 10.6. The van der Waals surface area contributed by atoms with Crippen molar-refractivity contribution in [2.24, 2.45) is 0 Å². The lowest BCUT2D eigenvalue weighted by molar-refractivity contribution is 0.0601. The number of aromatic nitrogens is 1. The molecule has 0 aliphatic rings. The highest BCUT2D eigenvalue weighted by Crippen LogP contribution is 2.24. The van der Waals surface area contributed by atoms with Crippen LogP contribution in [0.2, 0.25) is 0 Å². The number of hydrogen-bond donors (Lipinski definition) is 1. The van der Waals surface area contributed by atoms with E-state index in [1.54, 1.807) is 12.1 Å². The van der Waals surface area contributed by atoms with Crippen LogP contribution in [-0.2, 0) is 11.3 Å². The Balaban J connectivity index is 2.68. The molecule has 0 atom stereocenters. The van der Waals surface area contributed by atoms with Gasteiger partial charge in [-0.15, -0.1) is 0 Å². The third-order valence-electron chi connectivity index (χ3n) is 2.68. The summed E-state index contributed by atoms with van der Waals surface area (Å²) in [6.45, 7) is 2.88. The van der Waals surface area contributed by atoms with Crippen LogP contribution in [0.3, 0.4) is 0 Å². The molecule has 0 unspecified atom stereocenters. The number of carbonyl (C=O) groups is 1. The molecule has 2 rings (SSSR count). The van der Waals surface area contributed by atoms with Crippen LogP contribution in [0.15, 0.2) is 24.4 Å². The fourth-order valence-electron chi connectivity index (χ4n) is 1.84. The number of benzene rings is 1. The minimum atomic E-state index is -0.363. The number of carbonyl (C=O) groups excluding carboxylic acids is 1. The molecule has 1 aromatic heterocycles. The molecule has 0 aliphatic heterocycles. The number of rotatable bonds is 2. The number of anilines is 1. The number of hydrogen-bond acceptors (Lipinski definition) is 3. The van der Waals surface area contributed by atoms with E-state index in [2.05, 4.69) is 4.74 Å². The van der Waals surface area contributed by atoms with E-state index >= 15 is 0 Å². The average Bonchev–Trinajstić information content (AvgIpc) is 2.71. The number of esters is 1. The molecule has 2 N–H and O–H groups in total. The van der Waals surface area contributed by atoms with Crippen LogP contribution in [0, 0.1) is 0 Å². The summed E-state index contributed by atoms with van der Waals surface area (Å²) in [5.74, 6) is -0.363. The molecule has 4 nitrogen and oxygen atoms in total. The highest BCUT2D eigenvalue weighted by atomic mass is 16.5. The molecule has 0 fully saturated rings. The molecule has 0 amide bonds. The van der Waals surface area contributed by atoms with Crippen molar-refractivity contribution >= 4 is 22.6 Å². The van der Waals surface area contributed by atoms with Crippen LogP contribution in [0.25, 0.3) is 10.9 Å². The molecule has 0 radical (unpaired) electrons. The summed E-state index contributed by atoms with van der Waals surface area (Å²) in [4.78, 5) is 11.4. The lowest BCUT2D eigenvalue weighted by Gasteiger charge is -2.05. The number of nitrogen functional groups attached to an aromatic ring is 1. The Morgan fingerprint density at radius 1 is 1.50 bits per heavy atom. The van der Waals surface area contributed by atoms with Crippen LogP contribution in [0.1, 0.15) is 17.3 Å². The first-order valence-electron chi connectivity index (χ1n) is 5.14. The Labute approximate surface area is 93.6 Å². The summed E-state index contributed by atoms with van der Waals surface area (Å²) in [6, 6.07) is 5.41. The van der Waals surface area contributed by atoms with Crippen molar-refractivity contribution in [3.05, 3.63) is 30.0 Å². The molecule has 0 saturated carbocycles. The lowest BCUT2D eigenvalue weighted by Crippen LogP contribution is -2.03. The molecule has 16 heavy (non-hydrogen) atoms. The van der Waals surface area contributed by atoms with Gasteiger partial charge < -0.3 is 15.0 Å². The fraction of sp³-hybridized carbons (Fsp3) is 0.250. The standard InChI is InChI=1S/C12H14N2O2/c1-3-14-5-4-9-10(13)6-8(7-11(9)14)12(15)16-2/h4-7H,3,13H2,1-2H3. The fourth-order valence-corrected chi connectivity index (χ4v) is 1.84. The van der Waals surface area contributed by atoms with E-state index in [0.717, 1.165) is 17.4 Å². The first-order chi connectivity index (χ1) is 7.67. The Bertz CT molecular complexity index is 543. The molecule has 4 heteroatoms. The van der Waals surface area contributed by atoms with E-state index in [1.165, 1.54) is 7.11 Å². The van der Waals surface area contributed by atoms with Gasteiger partial charge in [-0.25, -0.2) is 4.79 Å². The van der Waals surface area contributed by atoms with Crippen molar-refractivity contribution in [1.82, 2.24) is 4.57 Å². The van der Waals surface area contributed by atoms with Crippen molar-refractivity contribution < 1.29 is 9.53 Å². The summed E-state index contributed by atoms with van der Waals surface area (Å²) in [5.41, 5.74) is 7.95. The zero-order chi connectivity index (χ0) is 11.7. The zero-order valence-electron chi connectivity index (χ0n) is 9.36. The van der Waals surface area contributed by atoms with Crippen molar-refractivity contribution in [2.75, 3.05) is 12.8 Å². The zero-order valence-corrected chi connectivity index (χ0v) is 9.36. The average molecular weight is 218 g/mol.